The van der Waals surface area contributed by atoms with Gasteiger partial charge >= 0.3 is 0 Å². The molecule has 5 heteroatoms. The van der Waals surface area contributed by atoms with E-state index in [1.807, 2.05) is 0 Å². The second-order valence-electron chi connectivity index (χ2n) is 2.86. The van der Waals surface area contributed by atoms with Crippen LogP contribution in [0.25, 0.3) is 0 Å². The monoisotopic (exact) mass is 221 g/mol. The molecule has 0 fully saturated rings. The summed E-state index contributed by atoms with van der Waals surface area (Å²) in [6, 6.07) is 0. The highest BCUT2D eigenvalue weighted by Gasteiger charge is 2.17. The van der Waals surface area contributed by atoms with Crippen molar-refractivity contribution >= 4 is 11.6 Å². The Labute approximate surface area is 85.5 Å². The lowest BCUT2D eigenvalue weighted by Gasteiger charge is -2.11. The van der Waals surface area contributed by atoms with E-state index in [1.165, 1.54) is 6.20 Å². The molecular formula is C9H10ClF2NO. The van der Waals surface area contributed by atoms with Gasteiger partial charge in [0.1, 0.15) is 5.69 Å². The first-order chi connectivity index (χ1) is 6.61. The molecule has 0 atom stereocenters. The Morgan fingerprint density at radius 2 is 2.21 bits per heavy atom. The van der Waals surface area contributed by atoms with E-state index in [0.717, 1.165) is 0 Å². The van der Waals surface area contributed by atoms with Crippen molar-refractivity contribution in [1.82, 2.24) is 4.98 Å². The molecule has 78 valence electrons. The van der Waals surface area contributed by atoms with Crippen LogP contribution in [0.2, 0.25) is 0 Å². The van der Waals surface area contributed by atoms with Crippen molar-refractivity contribution in [3.05, 3.63) is 28.6 Å². The summed E-state index contributed by atoms with van der Waals surface area (Å²) in [5.41, 5.74) is 1.14. The summed E-state index contributed by atoms with van der Waals surface area (Å²) >= 11 is 5.56. The van der Waals surface area contributed by atoms with E-state index in [9.17, 15) is 8.78 Å². The van der Waals surface area contributed by atoms with Crippen LogP contribution in [0, 0.1) is 6.92 Å². The minimum atomic E-state index is -2.63. The molecule has 14 heavy (non-hydrogen) atoms. The van der Waals surface area contributed by atoms with Crippen LogP contribution in [0.5, 0.6) is 0 Å². The zero-order chi connectivity index (χ0) is 10.7. The highest BCUT2D eigenvalue weighted by molar-refractivity contribution is 6.17. The summed E-state index contributed by atoms with van der Waals surface area (Å²) in [4.78, 5) is 3.59. The third kappa shape index (κ3) is 2.01. The fourth-order valence-electron chi connectivity index (χ4n) is 1.22. The fraction of sp³-hybridized carbons (Fsp3) is 0.444. The molecule has 1 aromatic rings. The molecule has 0 unspecified atom stereocenters. The first-order valence-electron chi connectivity index (χ1n) is 4.04. The molecule has 1 rings (SSSR count). The van der Waals surface area contributed by atoms with E-state index in [-0.39, 0.29) is 18.2 Å². The summed E-state index contributed by atoms with van der Waals surface area (Å²) < 4.78 is 24.9. The maximum absolute atomic E-state index is 12.4. The molecule has 0 aromatic carbocycles. The third-order valence-electron chi connectivity index (χ3n) is 2.11. The SMILES string of the molecule is Cc1c(CO)cnc(C(F)F)c1CCl. The molecule has 0 aliphatic rings. The number of alkyl halides is 3. The van der Waals surface area contributed by atoms with Gasteiger partial charge in [-0.1, -0.05) is 0 Å². The van der Waals surface area contributed by atoms with Crippen molar-refractivity contribution in [3.63, 3.8) is 0 Å². The number of aromatic nitrogens is 1. The van der Waals surface area contributed by atoms with E-state index in [1.54, 1.807) is 6.92 Å². The van der Waals surface area contributed by atoms with Gasteiger partial charge in [-0.25, -0.2) is 8.78 Å². The Hall–Kier alpha value is -0.740. The van der Waals surface area contributed by atoms with Gasteiger partial charge in [0.05, 0.1) is 6.61 Å². The lowest BCUT2D eigenvalue weighted by Crippen LogP contribution is -2.03. The normalized spacial score (nSPS) is 11.0. The van der Waals surface area contributed by atoms with E-state index < -0.39 is 6.43 Å². The first kappa shape index (κ1) is 11.3. The third-order valence-corrected chi connectivity index (χ3v) is 2.38. The van der Waals surface area contributed by atoms with Crippen LogP contribution in [-0.4, -0.2) is 10.1 Å². The number of hydrogen-bond donors (Lipinski definition) is 1. The molecule has 1 aromatic heterocycles. The Morgan fingerprint density at radius 3 is 2.64 bits per heavy atom. The maximum Gasteiger partial charge on any atom is 0.280 e. The van der Waals surface area contributed by atoms with Gasteiger partial charge in [-0.2, -0.15) is 0 Å². The second kappa shape index (κ2) is 4.66. The van der Waals surface area contributed by atoms with Crippen molar-refractivity contribution < 1.29 is 13.9 Å². The average Bonchev–Trinajstić information content (AvgIpc) is 2.17. The van der Waals surface area contributed by atoms with E-state index in [4.69, 9.17) is 16.7 Å². The minimum absolute atomic E-state index is 0.0215. The van der Waals surface area contributed by atoms with E-state index in [0.29, 0.717) is 16.7 Å². The van der Waals surface area contributed by atoms with Crippen molar-refractivity contribution in [2.45, 2.75) is 25.8 Å². The van der Waals surface area contributed by atoms with Crippen LogP contribution >= 0.6 is 11.6 Å². The molecule has 0 spiro atoms. The van der Waals surface area contributed by atoms with Crippen molar-refractivity contribution in [1.29, 1.82) is 0 Å². The zero-order valence-corrected chi connectivity index (χ0v) is 8.35. The number of pyridine rings is 1. The standard InChI is InChI=1S/C9H10ClF2NO/c1-5-6(4-14)3-13-8(9(11)12)7(5)2-10/h3,9,14H,2,4H2,1H3. The quantitative estimate of drug-likeness (QED) is 0.796. The summed E-state index contributed by atoms with van der Waals surface area (Å²) in [6.07, 6.45) is -1.37. The number of rotatable bonds is 3. The second-order valence-corrected chi connectivity index (χ2v) is 3.13. The molecule has 0 aliphatic carbocycles. The largest absolute Gasteiger partial charge is 0.392 e. The molecule has 1 heterocycles. The Bertz CT molecular complexity index is 331. The van der Waals surface area contributed by atoms with Crippen LogP contribution in [0.4, 0.5) is 8.78 Å². The number of aliphatic hydroxyl groups is 1. The number of hydrogen-bond acceptors (Lipinski definition) is 2. The zero-order valence-electron chi connectivity index (χ0n) is 7.60. The number of aliphatic hydroxyl groups excluding tert-OH is 1. The van der Waals surface area contributed by atoms with Crippen LogP contribution in [0.1, 0.15) is 28.8 Å². The lowest BCUT2D eigenvalue weighted by molar-refractivity contribution is 0.145. The topological polar surface area (TPSA) is 33.1 Å². The van der Waals surface area contributed by atoms with Gasteiger partial charge < -0.3 is 5.11 Å². The molecule has 0 saturated heterocycles. The van der Waals surface area contributed by atoms with Crippen LogP contribution in [0.3, 0.4) is 0 Å². The van der Waals surface area contributed by atoms with Crippen molar-refractivity contribution in [2.75, 3.05) is 0 Å². The van der Waals surface area contributed by atoms with E-state index in [2.05, 4.69) is 4.98 Å². The van der Waals surface area contributed by atoms with Gasteiger partial charge in [-0.3, -0.25) is 4.98 Å². The van der Waals surface area contributed by atoms with Gasteiger partial charge in [-0.15, -0.1) is 11.6 Å². The molecule has 0 amide bonds. The number of nitrogens with zero attached hydrogens (tertiary/aromatic N) is 1. The van der Waals surface area contributed by atoms with E-state index >= 15 is 0 Å². The Morgan fingerprint density at radius 1 is 1.57 bits per heavy atom. The van der Waals surface area contributed by atoms with Gasteiger partial charge in [0, 0.05) is 12.1 Å². The van der Waals surface area contributed by atoms with Gasteiger partial charge in [0.2, 0.25) is 0 Å². The summed E-state index contributed by atoms with van der Waals surface area (Å²) in [6.45, 7) is 1.43. The maximum atomic E-state index is 12.4. The molecule has 0 bridgehead atoms. The van der Waals surface area contributed by atoms with Crippen molar-refractivity contribution in [2.24, 2.45) is 0 Å². The van der Waals surface area contributed by atoms with Crippen molar-refractivity contribution in [3.8, 4) is 0 Å². The predicted molar refractivity (Wildman–Crippen MR) is 49.4 cm³/mol. The molecule has 2 nitrogen and oxygen atoms in total. The first-order valence-corrected chi connectivity index (χ1v) is 4.57. The average molecular weight is 222 g/mol. The Balaban J connectivity index is 3.28. The smallest absolute Gasteiger partial charge is 0.280 e. The number of halogens is 3. The molecule has 0 saturated carbocycles. The lowest BCUT2D eigenvalue weighted by atomic mass is 10.0. The molecule has 0 aliphatic heterocycles. The molecule has 1 N–H and O–H groups in total. The van der Waals surface area contributed by atoms with Gasteiger partial charge in [0.25, 0.3) is 6.43 Å². The Kier molecular flexibility index (Phi) is 3.77. The summed E-state index contributed by atoms with van der Waals surface area (Å²) in [5, 5.41) is 8.90. The molecular weight excluding hydrogens is 212 g/mol. The van der Waals surface area contributed by atoms with Gasteiger partial charge in [0.15, 0.2) is 0 Å². The van der Waals surface area contributed by atoms with Gasteiger partial charge in [-0.05, 0) is 23.6 Å². The summed E-state index contributed by atoms with van der Waals surface area (Å²) in [5.74, 6) is -0.0215. The fourth-order valence-corrected chi connectivity index (χ4v) is 1.56. The molecule has 0 radical (unpaired) electrons. The van der Waals surface area contributed by atoms with Crippen LogP contribution < -0.4 is 0 Å². The van der Waals surface area contributed by atoms with Crippen LogP contribution in [-0.2, 0) is 12.5 Å². The van der Waals surface area contributed by atoms with Crippen LogP contribution in [0.15, 0.2) is 6.20 Å². The predicted octanol–water partition coefficient (Wildman–Crippen LogP) is 2.56. The minimum Gasteiger partial charge on any atom is -0.392 e. The highest BCUT2D eigenvalue weighted by Crippen LogP contribution is 2.26. The summed E-state index contributed by atoms with van der Waals surface area (Å²) in [7, 11) is 0. The highest BCUT2D eigenvalue weighted by atomic mass is 35.5.